The number of esters is 1. The average molecular weight is 469 g/mol. The molecule has 9 heteroatoms. The number of hydrogen-bond donors (Lipinski definition) is 1. The molecule has 0 saturated carbocycles. The Hall–Kier alpha value is -3.10. The number of carbonyl (C=O) groups excluding carboxylic acids is 2. The van der Waals surface area contributed by atoms with Crippen LogP contribution in [0.25, 0.3) is 0 Å². The van der Waals surface area contributed by atoms with Gasteiger partial charge >= 0.3 is 5.97 Å². The van der Waals surface area contributed by atoms with Gasteiger partial charge < -0.3 is 15.0 Å². The van der Waals surface area contributed by atoms with Crippen molar-refractivity contribution < 1.29 is 14.3 Å². The number of pyridine rings is 1. The summed E-state index contributed by atoms with van der Waals surface area (Å²) in [6.07, 6.45) is 3.54. The molecule has 1 amide bonds. The summed E-state index contributed by atoms with van der Waals surface area (Å²) in [6.45, 7) is 2.17. The molecule has 0 spiro atoms. The second-order valence-electron chi connectivity index (χ2n) is 7.25. The maximum Gasteiger partial charge on any atom is 0.338 e. The molecule has 3 heterocycles. The Bertz CT molecular complexity index is 1150. The molecule has 164 valence electrons. The van der Waals surface area contributed by atoms with Gasteiger partial charge in [0.25, 0.3) is 0 Å². The summed E-state index contributed by atoms with van der Waals surface area (Å²) in [5.41, 5.74) is 3.48. The first-order chi connectivity index (χ1) is 15.5. The highest BCUT2D eigenvalue weighted by atomic mass is 35.5. The third-order valence-electron chi connectivity index (χ3n) is 5.12. The molecule has 0 fully saturated rings. The maximum absolute atomic E-state index is 12.7. The van der Waals surface area contributed by atoms with Crippen molar-refractivity contribution in [3.05, 3.63) is 87.3 Å². The summed E-state index contributed by atoms with van der Waals surface area (Å²) >= 11 is 7.68. The second-order valence-corrected chi connectivity index (χ2v) is 8.53. The number of nitrogens with zero attached hydrogens (tertiary/aromatic N) is 3. The number of thioether (sulfide) groups is 1. The lowest BCUT2D eigenvalue weighted by molar-refractivity contribution is -0.136. The third kappa shape index (κ3) is 4.56. The van der Waals surface area contributed by atoms with Crippen LogP contribution in [0.3, 0.4) is 0 Å². The van der Waals surface area contributed by atoms with Crippen molar-refractivity contribution in [2.75, 3.05) is 7.11 Å². The van der Waals surface area contributed by atoms with Crippen LogP contribution in [0.5, 0.6) is 0 Å². The number of rotatable bonds is 6. The van der Waals surface area contributed by atoms with E-state index in [1.54, 1.807) is 25.4 Å². The minimum atomic E-state index is -0.499. The molecular formula is C23H21ClN4O3S. The molecule has 1 aromatic carbocycles. The molecular weight excluding hydrogens is 448 g/mol. The van der Waals surface area contributed by atoms with Gasteiger partial charge in [-0.3, -0.25) is 9.78 Å². The van der Waals surface area contributed by atoms with Gasteiger partial charge in [0.05, 0.1) is 30.8 Å². The zero-order chi connectivity index (χ0) is 22.7. The normalized spacial score (nSPS) is 17.5. The first kappa shape index (κ1) is 22.1. The Morgan fingerprint density at radius 1 is 1.28 bits per heavy atom. The molecule has 1 N–H and O–H groups in total. The van der Waals surface area contributed by atoms with Crippen molar-refractivity contribution in [2.24, 2.45) is 4.99 Å². The smallest absolute Gasteiger partial charge is 0.338 e. The number of benzene rings is 1. The predicted octanol–water partition coefficient (Wildman–Crippen LogP) is 4.19. The Morgan fingerprint density at radius 2 is 2.12 bits per heavy atom. The molecule has 7 nitrogen and oxygen atoms in total. The average Bonchev–Trinajstić information content (AvgIpc) is 3.18. The molecule has 2 aromatic rings. The highest BCUT2D eigenvalue weighted by Crippen LogP contribution is 2.45. The summed E-state index contributed by atoms with van der Waals surface area (Å²) in [6, 6.07) is 10.6. The maximum atomic E-state index is 12.7. The van der Waals surface area contributed by atoms with Crippen LogP contribution in [0.4, 0.5) is 0 Å². The lowest BCUT2D eigenvalue weighted by atomic mass is 9.94. The van der Waals surface area contributed by atoms with E-state index in [0.717, 1.165) is 16.8 Å². The SMILES string of the molecule is COC(=O)C1=C(C)N=C2SC=C(CC(=O)NCc3cccnc3)N2C1c1cccc(Cl)c1. The summed E-state index contributed by atoms with van der Waals surface area (Å²) in [5, 5.41) is 6.07. The van der Waals surface area contributed by atoms with E-state index in [2.05, 4.69) is 15.3 Å². The van der Waals surface area contributed by atoms with Gasteiger partial charge in [0.2, 0.25) is 5.91 Å². The summed E-state index contributed by atoms with van der Waals surface area (Å²) in [5.74, 6) is -0.606. The van der Waals surface area contributed by atoms with E-state index >= 15 is 0 Å². The van der Waals surface area contributed by atoms with Crippen molar-refractivity contribution in [3.63, 3.8) is 0 Å². The fourth-order valence-corrected chi connectivity index (χ4v) is 4.83. The molecule has 4 rings (SSSR count). The molecule has 2 aliphatic heterocycles. The van der Waals surface area contributed by atoms with Gasteiger partial charge in [0, 0.05) is 29.7 Å². The van der Waals surface area contributed by atoms with Crippen molar-refractivity contribution in [1.82, 2.24) is 15.2 Å². The van der Waals surface area contributed by atoms with Gasteiger partial charge in [0.15, 0.2) is 5.17 Å². The number of amidine groups is 1. The van der Waals surface area contributed by atoms with Crippen LogP contribution in [0.2, 0.25) is 5.02 Å². The molecule has 0 radical (unpaired) electrons. The lowest BCUT2D eigenvalue weighted by Crippen LogP contribution is -2.37. The minimum absolute atomic E-state index is 0.136. The fraction of sp³-hybridized carbons (Fsp3) is 0.217. The van der Waals surface area contributed by atoms with E-state index in [9.17, 15) is 9.59 Å². The van der Waals surface area contributed by atoms with Crippen LogP contribution in [-0.2, 0) is 20.9 Å². The summed E-state index contributed by atoms with van der Waals surface area (Å²) in [4.78, 5) is 36.0. The molecule has 1 atom stereocenters. The van der Waals surface area contributed by atoms with E-state index in [4.69, 9.17) is 16.3 Å². The number of hydrogen-bond acceptors (Lipinski definition) is 7. The van der Waals surface area contributed by atoms with Crippen LogP contribution in [0, 0.1) is 0 Å². The van der Waals surface area contributed by atoms with Crippen molar-refractivity contribution in [3.8, 4) is 0 Å². The largest absolute Gasteiger partial charge is 0.466 e. The number of nitrogens with one attached hydrogen (secondary N) is 1. The number of aliphatic imine (C=N–C) groups is 1. The van der Waals surface area contributed by atoms with Gasteiger partial charge in [-0.2, -0.15) is 0 Å². The van der Waals surface area contributed by atoms with Crippen LogP contribution < -0.4 is 5.32 Å². The monoisotopic (exact) mass is 468 g/mol. The molecule has 0 saturated heterocycles. The van der Waals surface area contributed by atoms with E-state index in [0.29, 0.717) is 28.0 Å². The highest BCUT2D eigenvalue weighted by Gasteiger charge is 2.41. The van der Waals surface area contributed by atoms with Gasteiger partial charge in [-0.15, -0.1) is 0 Å². The Morgan fingerprint density at radius 3 is 2.84 bits per heavy atom. The molecule has 0 aliphatic carbocycles. The minimum Gasteiger partial charge on any atom is -0.466 e. The molecule has 32 heavy (non-hydrogen) atoms. The Balaban J connectivity index is 1.61. The number of carbonyl (C=O) groups is 2. The standard InChI is InChI=1S/C23H21ClN4O3S/c1-14-20(22(30)31-2)21(16-6-3-7-17(24)9-16)28-18(13-32-23(28)27-14)10-19(29)26-12-15-5-4-8-25-11-15/h3-9,11,13,21H,10,12H2,1-2H3,(H,26,29). The summed E-state index contributed by atoms with van der Waals surface area (Å²) < 4.78 is 5.06. The topological polar surface area (TPSA) is 83.9 Å². The zero-order valence-electron chi connectivity index (χ0n) is 17.5. The number of halogens is 1. The molecule has 1 aromatic heterocycles. The van der Waals surface area contributed by atoms with Crippen molar-refractivity contribution >= 4 is 40.4 Å². The van der Waals surface area contributed by atoms with Gasteiger partial charge in [0.1, 0.15) is 0 Å². The van der Waals surface area contributed by atoms with Crippen LogP contribution in [0.1, 0.15) is 30.5 Å². The fourth-order valence-electron chi connectivity index (χ4n) is 3.66. The third-order valence-corrected chi connectivity index (χ3v) is 6.25. The van der Waals surface area contributed by atoms with Crippen molar-refractivity contribution in [2.45, 2.75) is 25.9 Å². The van der Waals surface area contributed by atoms with Gasteiger partial charge in [-0.25, -0.2) is 9.79 Å². The quantitative estimate of drug-likeness (QED) is 0.640. The number of allylic oxidation sites excluding steroid dienone is 1. The van der Waals surface area contributed by atoms with Crippen LogP contribution >= 0.6 is 23.4 Å². The highest BCUT2D eigenvalue weighted by molar-refractivity contribution is 8.16. The van der Waals surface area contributed by atoms with Crippen LogP contribution in [-0.4, -0.2) is 34.0 Å². The lowest BCUT2D eigenvalue weighted by Gasteiger charge is -2.36. The van der Waals surface area contributed by atoms with Crippen molar-refractivity contribution in [1.29, 1.82) is 0 Å². The first-order valence-electron chi connectivity index (χ1n) is 9.91. The molecule has 2 aliphatic rings. The van der Waals surface area contributed by atoms with Gasteiger partial charge in [-0.05, 0) is 41.7 Å². The van der Waals surface area contributed by atoms with E-state index in [1.807, 2.05) is 40.6 Å². The summed E-state index contributed by atoms with van der Waals surface area (Å²) in [7, 11) is 1.35. The number of amides is 1. The first-order valence-corrected chi connectivity index (χ1v) is 11.2. The van der Waals surface area contributed by atoms with Gasteiger partial charge in [-0.1, -0.05) is 41.6 Å². The van der Waals surface area contributed by atoms with E-state index < -0.39 is 12.0 Å². The number of methoxy groups -OCH3 is 1. The number of aromatic nitrogens is 1. The number of ether oxygens (including phenoxy) is 1. The predicted molar refractivity (Wildman–Crippen MR) is 125 cm³/mol. The molecule has 1 unspecified atom stereocenters. The zero-order valence-corrected chi connectivity index (χ0v) is 19.1. The Labute approximate surface area is 195 Å². The Kier molecular flexibility index (Phi) is 6.62. The number of fused-ring (bicyclic) bond motifs is 1. The second kappa shape index (κ2) is 9.58. The van der Waals surface area contributed by atoms with E-state index in [-0.39, 0.29) is 12.3 Å². The van der Waals surface area contributed by atoms with Crippen LogP contribution in [0.15, 0.2) is 76.2 Å². The van der Waals surface area contributed by atoms with E-state index in [1.165, 1.54) is 18.9 Å². The molecule has 0 bridgehead atoms.